The van der Waals surface area contributed by atoms with Crippen LogP contribution < -0.4 is 0 Å². The lowest BCUT2D eigenvalue weighted by Gasteiger charge is -2.23. The maximum Gasteiger partial charge on any atom is 0.242 e. The minimum absolute atomic E-state index is 1.01. The Bertz CT molecular complexity index is 398. The van der Waals surface area contributed by atoms with Crippen molar-refractivity contribution in [2.45, 2.75) is 45.3 Å². The monoisotopic (exact) mass is 247 g/mol. The summed E-state index contributed by atoms with van der Waals surface area (Å²) in [6.45, 7) is 6.68. The molecular formula is C14H21NOSi. The molecule has 0 aliphatic heterocycles. The van der Waals surface area contributed by atoms with Crippen LogP contribution in [0.5, 0.6) is 0 Å². The van der Waals surface area contributed by atoms with Crippen LogP contribution in [0.25, 0.3) is 5.76 Å². The zero-order valence-corrected chi connectivity index (χ0v) is 12.0. The van der Waals surface area contributed by atoms with Crippen LogP contribution in [0.1, 0.15) is 31.4 Å². The van der Waals surface area contributed by atoms with Crippen molar-refractivity contribution in [1.82, 2.24) is 4.98 Å². The molecule has 2 nitrogen and oxygen atoms in total. The van der Waals surface area contributed by atoms with E-state index in [9.17, 15) is 0 Å². The molecule has 0 amide bonds. The van der Waals surface area contributed by atoms with E-state index < -0.39 is 8.32 Å². The van der Waals surface area contributed by atoms with E-state index in [1.165, 1.54) is 31.3 Å². The average Bonchev–Trinajstić information content (AvgIpc) is 2.79. The first-order valence-electron chi connectivity index (χ1n) is 6.39. The number of aromatic nitrogens is 1. The van der Waals surface area contributed by atoms with Gasteiger partial charge in [0.25, 0.3) is 0 Å². The van der Waals surface area contributed by atoms with Gasteiger partial charge >= 0.3 is 0 Å². The molecule has 0 N–H and O–H groups in total. The zero-order valence-electron chi connectivity index (χ0n) is 11.0. The van der Waals surface area contributed by atoms with Gasteiger partial charge in [-0.3, -0.25) is 4.98 Å². The summed E-state index contributed by atoms with van der Waals surface area (Å²) in [5, 5.41) is 0. The van der Waals surface area contributed by atoms with Crippen LogP contribution >= 0.6 is 0 Å². The van der Waals surface area contributed by atoms with Crippen molar-refractivity contribution < 1.29 is 4.43 Å². The maximum atomic E-state index is 6.26. The molecule has 17 heavy (non-hydrogen) atoms. The van der Waals surface area contributed by atoms with Gasteiger partial charge in [0.2, 0.25) is 8.32 Å². The van der Waals surface area contributed by atoms with Crippen LogP contribution in [0.2, 0.25) is 19.6 Å². The van der Waals surface area contributed by atoms with Gasteiger partial charge in [-0.15, -0.1) is 0 Å². The van der Waals surface area contributed by atoms with Gasteiger partial charge in [-0.05, 0) is 63.0 Å². The molecule has 0 aromatic carbocycles. The first-order chi connectivity index (χ1) is 8.06. The first-order valence-corrected chi connectivity index (χ1v) is 9.79. The quantitative estimate of drug-likeness (QED) is 0.589. The second kappa shape index (κ2) is 5.04. The highest BCUT2D eigenvalue weighted by Crippen LogP contribution is 2.33. The van der Waals surface area contributed by atoms with E-state index in [4.69, 9.17) is 4.43 Å². The molecule has 2 rings (SSSR count). The summed E-state index contributed by atoms with van der Waals surface area (Å²) < 4.78 is 6.26. The smallest absolute Gasteiger partial charge is 0.242 e. The third kappa shape index (κ3) is 3.43. The van der Waals surface area contributed by atoms with Crippen molar-refractivity contribution in [3.63, 3.8) is 0 Å². The largest absolute Gasteiger partial charge is 0.543 e. The molecule has 1 heterocycles. The van der Waals surface area contributed by atoms with Crippen LogP contribution in [0, 0.1) is 0 Å². The predicted octanol–water partition coefficient (Wildman–Crippen LogP) is 4.22. The Morgan fingerprint density at radius 2 is 1.88 bits per heavy atom. The maximum absolute atomic E-state index is 6.26. The molecule has 1 saturated carbocycles. The van der Waals surface area contributed by atoms with Crippen molar-refractivity contribution in [3.8, 4) is 0 Å². The summed E-state index contributed by atoms with van der Waals surface area (Å²) in [6.07, 6.45) is 6.78. The molecule has 0 bridgehead atoms. The fourth-order valence-electron chi connectivity index (χ4n) is 2.14. The molecule has 0 unspecified atom stereocenters. The SMILES string of the molecule is C[Si](C)(C)OC(=C1CCCC1)c1ccccn1. The Morgan fingerprint density at radius 3 is 2.41 bits per heavy atom. The highest BCUT2D eigenvalue weighted by atomic mass is 28.4. The number of allylic oxidation sites excluding steroid dienone is 1. The van der Waals surface area contributed by atoms with Crippen LogP contribution in [-0.4, -0.2) is 13.3 Å². The molecule has 1 aliphatic carbocycles. The van der Waals surface area contributed by atoms with Crippen LogP contribution in [0.15, 0.2) is 30.0 Å². The fraction of sp³-hybridized carbons (Fsp3) is 0.500. The van der Waals surface area contributed by atoms with Crippen molar-refractivity contribution in [2.24, 2.45) is 0 Å². The molecule has 0 spiro atoms. The Labute approximate surface area is 105 Å². The minimum Gasteiger partial charge on any atom is -0.543 e. The minimum atomic E-state index is -1.57. The molecule has 0 radical (unpaired) electrons. The Balaban J connectivity index is 2.34. The zero-order chi connectivity index (χ0) is 12.3. The molecule has 1 aromatic rings. The summed E-state index contributed by atoms with van der Waals surface area (Å²) in [5.41, 5.74) is 2.47. The summed E-state index contributed by atoms with van der Waals surface area (Å²) in [4.78, 5) is 4.45. The first kappa shape index (κ1) is 12.4. The highest BCUT2D eigenvalue weighted by Gasteiger charge is 2.23. The van der Waals surface area contributed by atoms with E-state index in [0.717, 1.165) is 11.5 Å². The van der Waals surface area contributed by atoms with E-state index in [1.54, 1.807) is 0 Å². The van der Waals surface area contributed by atoms with Crippen molar-refractivity contribution in [2.75, 3.05) is 0 Å². The molecule has 92 valence electrons. The summed E-state index contributed by atoms with van der Waals surface area (Å²) in [7, 11) is -1.57. The summed E-state index contributed by atoms with van der Waals surface area (Å²) >= 11 is 0. The van der Waals surface area contributed by atoms with E-state index >= 15 is 0 Å². The number of nitrogens with zero attached hydrogens (tertiary/aromatic N) is 1. The third-order valence-electron chi connectivity index (χ3n) is 2.83. The number of rotatable bonds is 3. The Hall–Kier alpha value is -1.09. The van der Waals surface area contributed by atoms with Crippen molar-refractivity contribution >= 4 is 14.1 Å². The van der Waals surface area contributed by atoms with Crippen LogP contribution in [0.4, 0.5) is 0 Å². The van der Waals surface area contributed by atoms with Gasteiger partial charge in [-0.1, -0.05) is 6.07 Å². The lowest BCUT2D eigenvalue weighted by Crippen LogP contribution is -2.25. The molecule has 1 aromatic heterocycles. The van der Waals surface area contributed by atoms with Crippen LogP contribution in [-0.2, 0) is 4.43 Å². The topological polar surface area (TPSA) is 22.1 Å². The van der Waals surface area contributed by atoms with E-state index in [-0.39, 0.29) is 0 Å². The second-order valence-corrected chi connectivity index (χ2v) is 10.00. The molecule has 1 aliphatic rings. The average molecular weight is 247 g/mol. The van der Waals surface area contributed by atoms with Gasteiger partial charge < -0.3 is 4.43 Å². The number of hydrogen-bond acceptors (Lipinski definition) is 2. The van der Waals surface area contributed by atoms with Gasteiger partial charge in [0.05, 0.1) is 0 Å². The highest BCUT2D eigenvalue weighted by molar-refractivity contribution is 6.70. The summed E-state index contributed by atoms with van der Waals surface area (Å²) in [6, 6.07) is 6.04. The lowest BCUT2D eigenvalue weighted by atomic mass is 10.1. The molecule has 0 atom stereocenters. The number of hydrogen-bond donors (Lipinski definition) is 0. The third-order valence-corrected chi connectivity index (χ3v) is 3.65. The lowest BCUT2D eigenvalue weighted by molar-refractivity contribution is 0.504. The van der Waals surface area contributed by atoms with E-state index in [2.05, 4.69) is 30.7 Å². The second-order valence-electron chi connectivity index (χ2n) is 5.57. The Morgan fingerprint density at radius 1 is 1.18 bits per heavy atom. The van der Waals surface area contributed by atoms with Crippen molar-refractivity contribution in [1.29, 1.82) is 0 Å². The van der Waals surface area contributed by atoms with E-state index in [0.29, 0.717) is 0 Å². The predicted molar refractivity (Wildman–Crippen MR) is 74.1 cm³/mol. The standard InChI is InChI=1S/C14H21NOSi/c1-17(2,3)16-14(12-8-4-5-9-12)13-10-6-7-11-15-13/h6-7,10-11H,4-5,8-9H2,1-3H3. The van der Waals surface area contributed by atoms with Gasteiger partial charge in [-0.2, -0.15) is 0 Å². The Kier molecular flexibility index (Phi) is 3.67. The molecule has 0 saturated heterocycles. The summed E-state index contributed by atoms with van der Waals surface area (Å²) in [5.74, 6) is 1.07. The van der Waals surface area contributed by atoms with Gasteiger partial charge in [-0.25, -0.2) is 0 Å². The van der Waals surface area contributed by atoms with Gasteiger partial charge in [0.15, 0.2) is 0 Å². The fourth-order valence-corrected chi connectivity index (χ4v) is 3.00. The molecule has 3 heteroatoms. The van der Waals surface area contributed by atoms with Gasteiger partial charge in [0.1, 0.15) is 11.5 Å². The van der Waals surface area contributed by atoms with E-state index in [1.807, 2.05) is 18.3 Å². The molecule has 1 fully saturated rings. The van der Waals surface area contributed by atoms with Crippen LogP contribution in [0.3, 0.4) is 0 Å². The molecular weight excluding hydrogens is 226 g/mol. The van der Waals surface area contributed by atoms with Gasteiger partial charge in [0, 0.05) is 6.20 Å². The number of pyridine rings is 1. The normalized spacial score (nSPS) is 16.1. The van der Waals surface area contributed by atoms with Crippen molar-refractivity contribution in [3.05, 3.63) is 35.7 Å².